The zero-order valence-corrected chi connectivity index (χ0v) is 21.5. The monoisotopic (exact) mass is 513 g/mol. The lowest BCUT2D eigenvalue weighted by atomic mass is 10.1. The molecule has 0 spiro atoms. The average Bonchev–Trinajstić information content (AvgIpc) is 3.59. The van der Waals surface area contributed by atoms with Crippen molar-refractivity contribution in [3.05, 3.63) is 140 Å². The first-order valence-corrected chi connectivity index (χ1v) is 13.3. The van der Waals surface area contributed by atoms with Crippen molar-refractivity contribution in [3.8, 4) is 34.2 Å². The van der Waals surface area contributed by atoms with E-state index >= 15 is 0 Å². The lowest BCUT2D eigenvalue weighted by molar-refractivity contribution is 0.990. The van der Waals surface area contributed by atoms with Crippen molar-refractivity contribution in [2.75, 3.05) is 0 Å². The van der Waals surface area contributed by atoms with Gasteiger partial charge < -0.3 is 0 Å². The molecule has 0 fully saturated rings. The Morgan fingerprint density at radius 1 is 0.450 bits per heavy atom. The molecule has 188 valence electrons. The number of hydrogen-bond acceptors (Lipinski definition) is 3. The maximum absolute atomic E-state index is 5.31. The van der Waals surface area contributed by atoms with E-state index in [2.05, 4.69) is 106 Å². The van der Waals surface area contributed by atoms with Crippen molar-refractivity contribution in [3.63, 3.8) is 0 Å². The Bertz CT molecular complexity index is 2130. The number of hydrogen-bond donors (Lipinski definition) is 0. The Kier molecular flexibility index (Phi) is 5.07. The largest absolute Gasteiger partial charge is 0.292 e. The second kappa shape index (κ2) is 9.03. The fourth-order valence-corrected chi connectivity index (χ4v) is 5.65. The van der Waals surface area contributed by atoms with Gasteiger partial charge in [0, 0.05) is 40.0 Å². The van der Waals surface area contributed by atoms with Crippen LogP contribution in [0.2, 0.25) is 0 Å². The van der Waals surface area contributed by atoms with E-state index in [1.54, 1.807) is 0 Å². The summed E-state index contributed by atoms with van der Waals surface area (Å²) in [4.78, 5) is 15.0. The average molecular weight is 514 g/mol. The predicted molar refractivity (Wildman–Crippen MR) is 162 cm³/mol. The van der Waals surface area contributed by atoms with Gasteiger partial charge in [0.05, 0.1) is 22.1 Å². The Morgan fingerprint density at radius 2 is 1.05 bits per heavy atom. The van der Waals surface area contributed by atoms with Gasteiger partial charge in [0.15, 0.2) is 0 Å². The van der Waals surface area contributed by atoms with E-state index in [4.69, 9.17) is 15.0 Å². The van der Waals surface area contributed by atoms with Gasteiger partial charge in [0.2, 0.25) is 5.95 Å². The van der Waals surface area contributed by atoms with Crippen molar-refractivity contribution >= 4 is 32.8 Å². The number of imidazole rings is 1. The van der Waals surface area contributed by atoms with E-state index in [0.717, 1.165) is 61.0 Å². The molecular formula is C35H23N5. The van der Waals surface area contributed by atoms with Crippen LogP contribution in [0.15, 0.2) is 140 Å². The smallest absolute Gasteiger partial charge is 0.234 e. The van der Waals surface area contributed by atoms with Gasteiger partial charge in [-0.15, -0.1) is 0 Å². The van der Waals surface area contributed by atoms with Crippen LogP contribution in [-0.2, 0) is 0 Å². The first-order valence-electron chi connectivity index (χ1n) is 13.3. The zero-order chi connectivity index (χ0) is 26.5. The molecule has 0 radical (unpaired) electrons. The van der Waals surface area contributed by atoms with Gasteiger partial charge in [-0.1, -0.05) is 97.1 Å². The Balaban J connectivity index is 1.42. The third-order valence-corrected chi connectivity index (χ3v) is 7.45. The summed E-state index contributed by atoms with van der Waals surface area (Å²) >= 11 is 0. The van der Waals surface area contributed by atoms with Crippen LogP contribution >= 0.6 is 0 Å². The molecule has 0 unspecified atom stereocenters. The summed E-state index contributed by atoms with van der Waals surface area (Å²) in [6.45, 7) is 0. The number of benzene rings is 5. The van der Waals surface area contributed by atoms with Crippen LogP contribution in [0.5, 0.6) is 0 Å². The Labute approximate surface area is 230 Å². The van der Waals surface area contributed by atoms with E-state index in [9.17, 15) is 0 Å². The summed E-state index contributed by atoms with van der Waals surface area (Å²) in [5, 5.41) is 2.21. The minimum absolute atomic E-state index is 0.635. The molecule has 40 heavy (non-hydrogen) atoms. The van der Waals surface area contributed by atoms with Crippen LogP contribution in [0.25, 0.3) is 67.0 Å². The highest BCUT2D eigenvalue weighted by Gasteiger charge is 2.21. The summed E-state index contributed by atoms with van der Waals surface area (Å²) in [6, 6.07) is 43.8. The number of fused-ring (bicyclic) bond motifs is 5. The molecule has 0 aliphatic rings. The van der Waals surface area contributed by atoms with Crippen LogP contribution in [0.3, 0.4) is 0 Å². The second-order valence-electron chi connectivity index (χ2n) is 9.79. The summed E-state index contributed by atoms with van der Waals surface area (Å²) in [5.74, 6) is 1.55. The van der Waals surface area contributed by atoms with Crippen LogP contribution in [0.1, 0.15) is 0 Å². The summed E-state index contributed by atoms with van der Waals surface area (Å²) in [7, 11) is 0. The summed E-state index contributed by atoms with van der Waals surface area (Å²) in [5.41, 5.74) is 8.31. The molecule has 0 atom stereocenters. The number of para-hydroxylation sites is 2. The molecule has 0 bridgehead atoms. The van der Waals surface area contributed by atoms with Gasteiger partial charge in [-0.3, -0.25) is 9.13 Å². The molecule has 0 amide bonds. The third kappa shape index (κ3) is 3.45. The molecule has 0 aliphatic heterocycles. The molecule has 5 aromatic carbocycles. The zero-order valence-electron chi connectivity index (χ0n) is 21.5. The van der Waals surface area contributed by atoms with Crippen LogP contribution in [-0.4, -0.2) is 24.1 Å². The number of aromatic nitrogens is 5. The molecule has 0 aliphatic carbocycles. The quantitative estimate of drug-likeness (QED) is 0.238. The van der Waals surface area contributed by atoms with Gasteiger partial charge >= 0.3 is 0 Å². The fraction of sp³-hybridized carbons (Fsp3) is 0. The molecule has 8 aromatic rings. The van der Waals surface area contributed by atoms with Crippen molar-refractivity contribution < 1.29 is 0 Å². The molecule has 3 heterocycles. The Morgan fingerprint density at radius 3 is 1.77 bits per heavy atom. The Hall–Kier alpha value is -5.55. The van der Waals surface area contributed by atoms with Gasteiger partial charge in [-0.25, -0.2) is 15.0 Å². The van der Waals surface area contributed by atoms with Crippen molar-refractivity contribution in [1.29, 1.82) is 0 Å². The molecule has 3 aromatic heterocycles. The highest BCUT2D eigenvalue weighted by Crippen LogP contribution is 2.38. The topological polar surface area (TPSA) is 48.5 Å². The first-order chi connectivity index (χ1) is 19.9. The van der Waals surface area contributed by atoms with E-state index in [1.165, 1.54) is 0 Å². The van der Waals surface area contributed by atoms with Gasteiger partial charge in [0.1, 0.15) is 5.82 Å². The summed E-state index contributed by atoms with van der Waals surface area (Å²) < 4.78 is 4.39. The van der Waals surface area contributed by atoms with Gasteiger partial charge in [-0.2, -0.15) is 0 Å². The molecule has 8 rings (SSSR count). The molecule has 0 saturated heterocycles. The minimum Gasteiger partial charge on any atom is -0.292 e. The lowest BCUT2D eigenvalue weighted by Gasteiger charge is -2.10. The molecule has 5 nitrogen and oxygen atoms in total. The van der Waals surface area contributed by atoms with E-state index < -0.39 is 0 Å². The lowest BCUT2D eigenvalue weighted by Crippen LogP contribution is -2.00. The normalized spacial score (nSPS) is 11.5. The van der Waals surface area contributed by atoms with Gasteiger partial charge in [0.25, 0.3) is 0 Å². The molecule has 0 N–H and O–H groups in total. The fourth-order valence-electron chi connectivity index (χ4n) is 5.65. The minimum atomic E-state index is 0.635. The van der Waals surface area contributed by atoms with Crippen LogP contribution in [0, 0.1) is 0 Å². The van der Waals surface area contributed by atoms with E-state index in [1.807, 2.05) is 42.7 Å². The SMILES string of the molecule is c1ccc(-c2cnc(-n3c4ccccc4c4c5nc(-c6ccccc6)n(-c6ccccc6)c5ccc43)nc2)cc1. The highest BCUT2D eigenvalue weighted by atomic mass is 15.2. The van der Waals surface area contributed by atoms with Crippen molar-refractivity contribution in [2.24, 2.45) is 0 Å². The van der Waals surface area contributed by atoms with Gasteiger partial charge in [-0.05, 0) is 35.9 Å². The molecule has 0 saturated carbocycles. The van der Waals surface area contributed by atoms with Crippen molar-refractivity contribution in [1.82, 2.24) is 24.1 Å². The third-order valence-electron chi connectivity index (χ3n) is 7.45. The van der Waals surface area contributed by atoms with E-state index in [0.29, 0.717) is 5.95 Å². The predicted octanol–water partition coefficient (Wildman–Crippen LogP) is 8.25. The maximum atomic E-state index is 5.31. The second-order valence-corrected chi connectivity index (χ2v) is 9.79. The van der Waals surface area contributed by atoms with Crippen molar-refractivity contribution in [2.45, 2.75) is 0 Å². The van der Waals surface area contributed by atoms with E-state index in [-0.39, 0.29) is 0 Å². The summed E-state index contributed by atoms with van der Waals surface area (Å²) in [6.07, 6.45) is 3.79. The van der Waals surface area contributed by atoms with Crippen LogP contribution in [0.4, 0.5) is 0 Å². The number of rotatable bonds is 4. The highest BCUT2D eigenvalue weighted by molar-refractivity contribution is 6.20. The maximum Gasteiger partial charge on any atom is 0.234 e. The van der Waals surface area contributed by atoms with Crippen LogP contribution < -0.4 is 0 Å². The first kappa shape index (κ1) is 22.4. The molecular weight excluding hydrogens is 490 g/mol. The number of nitrogens with zero attached hydrogens (tertiary/aromatic N) is 5. The molecule has 5 heteroatoms. The standard InChI is InChI=1S/C35H23N5/c1-4-12-24(13-5-1)26-22-36-35(37-23-26)40-29-19-11-10-18-28(29)32-30(40)20-21-31-33(32)38-34(25-14-6-2-7-15-25)39(31)27-16-8-3-9-17-27/h1-23H.